The Morgan fingerprint density at radius 2 is 1.24 bits per heavy atom. The summed E-state index contributed by atoms with van der Waals surface area (Å²) in [4.78, 5) is 12.5. The molecule has 0 saturated heterocycles. The molecule has 0 aliphatic carbocycles. The van der Waals surface area contributed by atoms with Gasteiger partial charge in [-0.15, -0.1) is 0 Å². The van der Waals surface area contributed by atoms with Crippen molar-refractivity contribution >= 4 is 13.4 Å². The molecule has 1 rings (SSSR count). The van der Waals surface area contributed by atoms with Crippen LogP contribution in [-0.4, -0.2) is 25.7 Å². The third-order valence-corrected chi connectivity index (χ3v) is 5.88. The molecule has 0 radical (unpaired) electrons. The van der Waals surface area contributed by atoms with Gasteiger partial charge < -0.3 is 9.05 Å². The van der Waals surface area contributed by atoms with E-state index in [9.17, 15) is 18.1 Å². The first-order valence-electron chi connectivity index (χ1n) is 7.90. The first kappa shape index (κ1) is 21.9. The molecule has 0 spiro atoms. The number of hydrogen-bond acceptors (Lipinski definition) is 4. The van der Waals surface area contributed by atoms with E-state index in [-0.39, 0.29) is 16.4 Å². The summed E-state index contributed by atoms with van der Waals surface area (Å²) in [5.74, 6) is -1.57. The Labute approximate surface area is 148 Å². The SMILES string of the molecule is COP(=O)(OC)C(F)(F)C(=O)c1cc(C(C)(C)C)cc(C(C)(C)C)c1. The van der Waals surface area contributed by atoms with Crippen molar-refractivity contribution in [2.45, 2.75) is 58.0 Å². The summed E-state index contributed by atoms with van der Waals surface area (Å²) >= 11 is 0. The third kappa shape index (κ3) is 4.36. The van der Waals surface area contributed by atoms with Crippen molar-refractivity contribution in [1.29, 1.82) is 0 Å². The van der Waals surface area contributed by atoms with Gasteiger partial charge in [-0.3, -0.25) is 9.36 Å². The lowest BCUT2D eigenvalue weighted by atomic mass is 9.79. The maximum atomic E-state index is 14.5. The number of benzene rings is 1. The highest BCUT2D eigenvalue weighted by Gasteiger charge is 2.59. The van der Waals surface area contributed by atoms with Crippen LogP contribution >= 0.6 is 7.60 Å². The van der Waals surface area contributed by atoms with Gasteiger partial charge in [0.2, 0.25) is 5.78 Å². The van der Waals surface area contributed by atoms with Crippen LogP contribution in [0.25, 0.3) is 0 Å². The Hall–Kier alpha value is -1.10. The molecule has 0 heterocycles. The minimum atomic E-state index is -4.90. The molecule has 7 heteroatoms. The van der Waals surface area contributed by atoms with E-state index in [2.05, 4.69) is 9.05 Å². The molecule has 0 unspecified atom stereocenters. The lowest BCUT2D eigenvalue weighted by Gasteiger charge is -2.27. The third-order valence-electron chi connectivity index (χ3n) is 4.03. The molecule has 0 saturated carbocycles. The van der Waals surface area contributed by atoms with Crippen molar-refractivity contribution in [3.05, 3.63) is 34.9 Å². The molecular weight excluding hydrogens is 349 g/mol. The molecule has 0 aliphatic rings. The second-order valence-electron chi connectivity index (χ2n) is 8.03. The average molecular weight is 376 g/mol. The lowest BCUT2D eigenvalue weighted by Crippen LogP contribution is -2.31. The zero-order chi connectivity index (χ0) is 19.8. The summed E-state index contributed by atoms with van der Waals surface area (Å²) in [5.41, 5.74) is -3.71. The normalized spacial score (nSPS) is 13.8. The van der Waals surface area contributed by atoms with Crippen LogP contribution in [0.3, 0.4) is 0 Å². The van der Waals surface area contributed by atoms with Gasteiger partial charge in [-0.05, 0) is 34.1 Å². The molecule has 25 heavy (non-hydrogen) atoms. The minimum absolute atomic E-state index is 0.211. The standard InChI is InChI=1S/C18H27F2O4P/c1-16(2,3)13-9-12(10-14(11-13)17(4,5)6)15(21)18(19,20)25(22,23-7)24-8/h9-11H,1-8H3. The number of Topliss-reactive ketones (excluding diaryl/α,β-unsaturated/α-hetero) is 1. The highest BCUT2D eigenvalue weighted by atomic mass is 31.2. The Morgan fingerprint density at radius 1 is 0.880 bits per heavy atom. The van der Waals surface area contributed by atoms with Gasteiger partial charge in [-0.25, -0.2) is 0 Å². The van der Waals surface area contributed by atoms with Gasteiger partial charge in [0.25, 0.3) is 0 Å². The maximum absolute atomic E-state index is 14.5. The molecule has 142 valence electrons. The largest absolute Gasteiger partial charge is 0.407 e. The monoisotopic (exact) mass is 376 g/mol. The van der Waals surface area contributed by atoms with Gasteiger partial charge in [-0.1, -0.05) is 47.6 Å². The Balaban J connectivity index is 3.61. The first-order chi connectivity index (χ1) is 11.1. The van der Waals surface area contributed by atoms with Crippen LogP contribution in [0.4, 0.5) is 8.78 Å². The number of hydrogen-bond donors (Lipinski definition) is 0. The van der Waals surface area contributed by atoms with Crippen LogP contribution in [0.5, 0.6) is 0 Å². The Bertz CT molecular complexity index is 660. The number of rotatable bonds is 5. The van der Waals surface area contributed by atoms with Crippen molar-refractivity contribution in [3.63, 3.8) is 0 Å². The Kier molecular flexibility index (Phi) is 6.05. The van der Waals surface area contributed by atoms with Gasteiger partial charge in [0.15, 0.2) is 0 Å². The fourth-order valence-corrected chi connectivity index (χ4v) is 3.21. The smallest absolute Gasteiger partial charge is 0.307 e. The van der Waals surface area contributed by atoms with E-state index in [1.54, 1.807) is 0 Å². The maximum Gasteiger partial charge on any atom is 0.407 e. The van der Waals surface area contributed by atoms with Gasteiger partial charge in [-0.2, -0.15) is 8.78 Å². The molecule has 0 bridgehead atoms. The summed E-state index contributed by atoms with van der Waals surface area (Å²) in [6.45, 7) is 11.6. The number of carbonyl (C=O) groups excluding carboxylic acids is 1. The quantitative estimate of drug-likeness (QED) is 0.500. The number of carbonyl (C=O) groups is 1. The fourth-order valence-electron chi connectivity index (χ4n) is 2.23. The topological polar surface area (TPSA) is 52.6 Å². The number of halogens is 2. The molecule has 0 fully saturated rings. The summed E-state index contributed by atoms with van der Waals surface area (Å²) < 4.78 is 49.9. The zero-order valence-corrected chi connectivity index (χ0v) is 17.0. The molecule has 0 aliphatic heterocycles. The van der Waals surface area contributed by atoms with Crippen LogP contribution in [0.15, 0.2) is 18.2 Å². The van der Waals surface area contributed by atoms with E-state index in [0.717, 1.165) is 25.3 Å². The van der Waals surface area contributed by atoms with E-state index in [1.165, 1.54) is 12.1 Å². The van der Waals surface area contributed by atoms with Crippen LogP contribution in [0, 0.1) is 0 Å². The average Bonchev–Trinajstić information content (AvgIpc) is 2.50. The predicted octanol–water partition coefficient (Wildman–Crippen LogP) is 5.54. The van der Waals surface area contributed by atoms with E-state index < -0.39 is 19.0 Å². The second-order valence-corrected chi connectivity index (χ2v) is 10.3. The van der Waals surface area contributed by atoms with E-state index in [4.69, 9.17) is 0 Å². The molecule has 4 nitrogen and oxygen atoms in total. The number of alkyl halides is 2. The molecule has 0 atom stereocenters. The fraction of sp³-hybridized carbons (Fsp3) is 0.611. The van der Waals surface area contributed by atoms with Crippen molar-refractivity contribution < 1.29 is 27.2 Å². The highest BCUT2D eigenvalue weighted by Crippen LogP contribution is 2.61. The summed E-state index contributed by atoms with van der Waals surface area (Å²) in [5, 5.41) is 0. The van der Waals surface area contributed by atoms with Crippen molar-refractivity contribution in [2.75, 3.05) is 14.2 Å². The van der Waals surface area contributed by atoms with E-state index in [1.807, 2.05) is 47.6 Å². The summed E-state index contributed by atoms with van der Waals surface area (Å²) in [7, 11) is -3.24. The van der Waals surface area contributed by atoms with Crippen molar-refractivity contribution in [2.24, 2.45) is 0 Å². The molecule has 0 N–H and O–H groups in total. The van der Waals surface area contributed by atoms with Crippen LogP contribution < -0.4 is 0 Å². The van der Waals surface area contributed by atoms with E-state index >= 15 is 0 Å². The van der Waals surface area contributed by atoms with Crippen molar-refractivity contribution in [3.8, 4) is 0 Å². The van der Waals surface area contributed by atoms with Crippen LogP contribution in [0.1, 0.15) is 63.0 Å². The van der Waals surface area contributed by atoms with Crippen LogP contribution in [-0.2, 0) is 24.4 Å². The predicted molar refractivity (Wildman–Crippen MR) is 94.7 cm³/mol. The zero-order valence-electron chi connectivity index (χ0n) is 16.1. The molecular formula is C18H27F2O4P. The molecule has 1 aromatic carbocycles. The lowest BCUT2D eigenvalue weighted by molar-refractivity contribution is 0.0365. The summed E-state index contributed by atoms with van der Waals surface area (Å²) in [6, 6.07) is 4.74. The second kappa shape index (κ2) is 6.90. The van der Waals surface area contributed by atoms with Crippen molar-refractivity contribution in [1.82, 2.24) is 0 Å². The van der Waals surface area contributed by atoms with Gasteiger partial charge in [0, 0.05) is 19.8 Å². The van der Waals surface area contributed by atoms with Gasteiger partial charge >= 0.3 is 13.3 Å². The Morgan fingerprint density at radius 3 is 1.52 bits per heavy atom. The molecule has 0 amide bonds. The van der Waals surface area contributed by atoms with Gasteiger partial charge in [0.05, 0.1) is 0 Å². The first-order valence-corrected chi connectivity index (χ1v) is 9.44. The van der Waals surface area contributed by atoms with Crippen LogP contribution in [0.2, 0.25) is 0 Å². The summed E-state index contributed by atoms with van der Waals surface area (Å²) in [6.07, 6.45) is 0. The highest BCUT2D eigenvalue weighted by molar-refractivity contribution is 7.56. The minimum Gasteiger partial charge on any atom is -0.307 e. The molecule has 1 aromatic rings. The van der Waals surface area contributed by atoms with Gasteiger partial charge in [0.1, 0.15) is 0 Å². The number of ketones is 1. The molecule has 0 aromatic heterocycles. The van der Waals surface area contributed by atoms with E-state index in [0.29, 0.717) is 0 Å².